The number of thiocarbonyl (C=S) groups is 1. The second-order valence-corrected chi connectivity index (χ2v) is 9.50. The van der Waals surface area contributed by atoms with Gasteiger partial charge in [0.2, 0.25) is 0 Å². The van der Waals surface area contributed by atoms with Crippen LogP contribution >= 0.6 is 23.8 Å². The molecule has 134 valence electrons. The van der Waals surface area contributed by atoms with Crippen LogP contribution in [0.25, 0.3) is 0 Å². The molecule has 1 heterocycles. The first-order valence-electron chi connectivity index (χ1n) is 8.28. The number of sulfone groups is 1. The molecule has 4 nitrogen and oxygen atoms in total. The average molecular weight is 389 g/mol. The molecule has 1 aromatic carbocycles. The minimum atomic E-state index is -2.95. The van der Waals surface area contributed by atoms with E-state index in [4.69, 9.17) is 23.8 Å². The van der Waals surface area contributed by atoms with Crippen molar-refractivity contribution in [3.8, 4) is 0 Å². The summed E-state index contributed by atoms with van der Waals surface area (Å²) >= 11 is 12.0. The molecule has 1 saturated heterocycles. The van der Waals surface area contributed by atoms with Crippen molar-refractivity contribution in [3.05, 3.63) is 28.3 Å². The van der Waals surface area contributed by atoms with E-state index in [0.29, 0.717) is 16.6 Å². The highest BCUT2D eigenvalue weighted by atomic mass is 35.5. The number of hydrogen-bond donors (Lipinski definition) is 1. The van der Waals surface area contributed by atoms with E-state index in [1.165, 1.54) is 0 Å². The van der Waals surface area contributed by atoms with Gasteiger partial charge in [-0.25, -0.2) is 8.42 Å². The van der Waals surface area contributed by atoms with E-state index in [-0.39, 0.29) is 17.5 Å². The van der Waals surface area contributed by atoms with Crippen LogP contribution in [-0.4, -0.2) is 42.5 Å². The maximum atomic E-state index is 11.8. The van der Waals surface area contributed by atoms with Crippen LogP contribution in [0.1, 0.15) is 37.3 Å². The fourth-order valence-electron chi connectivity index (χ4n) is 3.05. The molecule has 2 rings (SSSR count). The molecule has 7 heteroatoms. The number of anilines is 1. The Morgan fingerprint density at radius 3 is 2.67 bits per heavy atom. The molecular formula is C17H25ClN2O2S2. The molecule has 1 aliphatic rings. The first kappa shape index (κ1) is 19.5. The second-order valence-electron chi connectivity index (χ2n) is 6.47. The van der Waals surface area contributed by atoms with Gasteiger partial charge in [0, 0.05) is 12.6 Å². The Morgan fingerprint density at radius 2 is 2.12 bits per heavy atom. The third kappa shape index (κ3) is 4.83. The summed E-state index contributed by atoms with van der Waals surface area (Å²) in [5.74, 6) is 0.423. The number of nitrogens with zero attached hydrogens (tertiary/aromatic N) is 1. The van der Waals surface area contributed by atoms with Crippen LogP contribution in [0, 0.1) is 13.8 Å². The van der Waals surface area contributed by atoms with Crippen molar-refractivity contribution in [2.45, 2.75) is 46.1 Å². The highest BCUT2D eigenvalue weighted by Crippen LogP contribution is 2.28. The third-order valence-corrected chi connectivity index (χ3v) is 6.71. The van der Waals surface area contributed by atoms with E-state index >= 15 is 0 Å². The molecule has 0 aliphatic carbocycles. The molecule has 1 fully saturated rings. The van der Waals surface area contributed by atoms with Gasteiger partial charge in [0.25, 0.3) is 0 Å². The first-order chi connectivity index (χ1) is 11.2. The van der Waals surface area contributed by atoms with Crippen molar-refractivity contribution < 1.29 is 8.42 Å². The van der Waals surface area contributed by atoms with Gasteiger partial charge in [-0.15, -0.1) is 0 Å². The Hall–Kier alpha value is -0.850. The maximum absolute atomic E-state index is 11.8. The fraction of sp³-hybridized carbons (Fsp3) is 0.588. The molecule has 1 atom stereocenters. The Kier molecular flexibility index (Phi) is 6.51. The summed E-state index contributed by atoms with van der Waals surface area (Å²) in [6, 6.07) is 3.90. The normalized spacial score (nSPS) is 19.2. The van der Waals surface area contributed by atoms with E-state index in [2.05, 4.69) is 12.2 Å². The summed E-state index contributed by atoms with van der Waals surface area (Å²) in [6.45, 7) is 6.85. The molecular weight excluding hydrogens is 364 g/mol. The fourth-order valence-corrected chi connectivity index (χ4v) is 5.49. The zero-order valence-electron chi connectivity index (χ0n) is 14.4. The van der Waals surface area contributed by atoms with Crippen molar-refractivity contribution in [2.24, 2.45) is 0 Å². The van der Waals surface area contributed by atoms with Crippen LogP contribution in [-0.2, 0) is 9.84 Å². The number of halogens is 1. The molecule has 1 aromatic rings. The Labute approximate surface area is 155 Å². The number of hydrogen-bond acceptors (Lipinski definition) is 3. The second kappa shape index (κ2) is 8.02. The van der Waals surface area contributed by atoms with E-state index in [1.54, 1.807) is 0 Å². The number of nitrogens with one attached hydrogen (secondary N) is 1. The molecule has 0 aromatic heterocycles. The van der Waals surface area contributed by atoms with Crippen LogP contribution in [0.5, 0.6) is 0 Å². The molecule has 0 bridgehead atoms. The predicted octanol–water partition coefficient (Wildman–Crippen LogP) is 3.94. The molecule has 1 N–H and O–H groups in total. The first-order valence-corrected chi connectivity index (χ1v) is 10.9. The van der Waals surface area contributed by atoms with Crippen molar-refractivity contribution in [1.82, 2.24) is 4.90 Å². The number of unbranched alkanes of at least 4 members (excludes halogenated alkanes) is 1. The lowest BCUT2D eigenvalue weighted by atomic mass is 10.1. The standard InChI is InChI=1S/C17H25ClN2O2S2/c1-4-5-7-20(14-6-8-24(21,22)11-14)17(23)19-16-13(3)9-12(2)10-15(16)18/h9-10,14H,4-8,11H2,1-3H3,(H,19,23)/t14-/m0/s1. The molecule has 0 spiro atoms. The van der Waals surface area contributed by atoms with E-state index < -0.39 is 9.84 Å². The van der Waals surface area contributed by atoms with Crippen molar-refractivity contribution in [1.29, 1.82) is 0 Å². The van der Waals surface area contributed by atoms with Gasteiger partial charge in [-0.2, -0.15) is 0 Å². The minimum absolute atomic E-state index is 0.0499. The third-order valence-electron chi connectivity index (χ3n) is 4.33. The summed E-state index contributed by atoms with van der Waals surface area (Å²) in [4.78, 5) is 2.03. The quantitative estimate of drug-likeness (QED) is 0.774. The zero-order valence-corrected chi connectivity index (χ0v) is 16.8. The molecule has 24 heavy (non-hydrogen) atoms. The van der Waals surface area contributed by atoms with Crippen LogP contribution in [0.15, 0.2) is 12.1 Å². The Balaban J connectivity index is 2.19. The number of benzene rings is 1. The van der Waals surface area contributed by atoms with Gasteiger partial charge in [-0.05, 0) is 56.1 Å². The van der Waals surface area contributed by atoms with Crippen LogP contribution < -0.4 is 5.32 Å². The van der Waals surface area contributed by atoms with Crippen LogP contribution in [0.2, 0.25) is 5.02 Å². The molecule has 0 amide bonds. The molecule has 0 radical (unpaired) electrons. The van der Waals surface area contributed by atoms with Gasteiger partial charge < -0.3 is 10.2 Å². The number of aryl methyl sites for hydroxylation is 2. The summed E-state index contributed by atoms with van der Waals surface area (Å²) in [5, 5.41) is 4.43. The van der Waals surface area contributed by atoms with Crippen molar-refractivity contribution in [3.63, 3.8) is 0 Å². The van der Waals surface area contributed by atoms with Crippen molar-refractivity contribution >= 4 is 44.5 Å². The highest BCUT2D eigenvalue weighted by molar-refractivity contribution is 7.91. The zero-order chi connectivity index (χ0) is 17.9. The Morgan fingerprint density at radius 1 is 1.42 bits per heavy atom. The van der Waals surface area contributed by atoms with Crippen LogP contribution in [0.4, 0.5) is 5.69 Å². The van der Waals surface area contributed by atoms with Gasteiger partial charge in [-0.1, -0.05) is 31.0 Å². The van der Waals surface area contributed by atoms with E-state index in [1.807, 2.05) is 30.9 Å². The number of rotatable bonds is 5. The average Bonchev–Trinajstić information content (AvgIpc) is 2.83. The van der Waals surface area contributed by atoms with Gasteiger partial charge >= 0.3 is 0 Å². The van der Waals surface area contributed by atoms with Crippen molar-refractivity contribution in [2.75, 3.05) is 23.4 Å². The smallest absolute Gasteiger partial charge is 0.173 e. The minimum Gasteiger partial charge on any atom is -0.345 e. The van der Waals surface area contributed by atoms with Gasteiger partial charge in [-0.3, -0.25) is 0 Å². The summed E-state index contributed by atoms with van der Waals surface area (Å²) in [6.07, 6.45) is 2.64. The Bertz CT molecular complexity index is 696. The lowest BCUT2D eigenvalue weighted by Crippen LogP contribution is -2.44. The highest BCUT2D eigenvalue weighted by Gasteiger charge is 2.33. The molecule has 1 aliphatic heterocycles. The van der Waals surface area contributed by atoms with Gasteiger partial charge in [0.15, 0.2) is 14.9 Å². The molecule has 0 saturated carbocycles. The van der Waals surface area contributed by atoms with E-state index in [9.17, 15) is 8.42 Å². The summed E-state index contributed by atoms with van der Waals surface area (Å²) in [5.41, 5.74) is 2.92. The monoisotopic (exact) mass is 388 g/mol. The topological polar surface area (TPSA) is 49.4 Å². The summed E-state index contributed by atoms with van der Waals surface area (Å²) < 4.78 is 23.7. The SMILES string of the molecule is CCCCN(C(=S)Nc1c(C)cc(C)cc1Cl)[C@H]1CCS(=O)(=O)C1. The largest absolute Gasteiger partial charge is 0.345 e. The van der Waals surface area contributed by atoms with Gasteiger partial charge in [0.05, 0.1) is 22.2 Å². The lowest BCUT2D eigenvalue weighted by molar-refractivity contribution is 0.333. The summed E-state index contributed by atoms with van der Waals surface area (Å²) in [7, 11) is -2.95. The van der Waals surface area contributed by atoms with E-state index in [0.717, 1.165) is 36.2 Å². The lowest BCUT2D eigenvalue weighted by Gasteiger charge is -2.31. The van der Waals surface area contributed by atoms with Crippen LogP contribution in [0.3, 0.4) is 0 Å². The predicted molar refractivity (Wildman–Crippen MR) is 106 cm³/mol. The van der Waals surface area contributed by atoms with Gasteiger partial charge in [0.1, 0.15) is 0 Å². The molecule has 0 unspecified atom stereocenters. The maximum Gasteiger partial charge on any atom is 0.173 e.